The number of hydrogen-bond acceptors (Lipinski definition) is 3. The van der Waals surface area contributed by atoms with E-state index < -0.39 is 0 Å². The maximum Gasteiger partial charge on any atom is 0.119 e. The number of anilines is 1. The molecule has 0 bridgehead atoms. The Morgan fingerprint density at radius 2 is 1.50 bits per heavy atom. The molecule has 2 aromatic rings. The Kier molecular flexibility index (Phi) is 6.98. The Bertz CT molecular complexity index is 590. The maximum atomic E-state index is 5.78. The lowest BCUT2D eigenvalue weighted by atomic mass is 10.0. The molecule has 2 aromatic carbocycles. The first-order chi connectivity index (χ1) is 11.6. The second-order valence-corrected chi connectivity index (χ2v) is 6.36. The molecule has 3 nitrogen and oxygen atoms in total. The molecule has 0 heterocycles. The number of hydrogen-bond donors (Lipinski definition) is 1. The summed E-state index contributed by atoms with van der Waals surface area (Å²) < 4.78 is 11.5. The zero-order chi connectivity index (χ0) is 17.4. The van der Waals surface area contributed by atoms with Gasteiger partial charge in [-0.2, -0.15) is 0 Å². The zero-order valence-electron chi connectivity index (χ0n) is 15.2. The quantitative estimate of drug-likeness (QED) is 0.619. The Labute approximate surface area is 146 Å². The van der Waals surface area contributed by atoms with Gasteiger partial charge in [-0.15, -0.1) is 0 Å². The standard InChI is InChI=1S/C21H29NO2/c1-5-17(4)24-21-12-8-19(9-13-21)22-14-15-23-20-10-6-18(7-11-20)16(2)3/h6-13,16-17,22H,5,14-15H2,1-4H3. The summed E-state index contributed by atoms with van der Waals surface area (Å²) >= 11 is 0. The van der Waals surface area contributed by atoms with Crippen molar-refractivity contribution in [3.63, 3.8) is 0 Å². The predicted molar refractivity (Wildman–Crippen MR) is 101 cm³/mol. The van der Waals surface area contributed by atoms with Crippen LogP contribution in [0.25, 0.3) is 0 Å². The summed E-state index contributed by atoms with van der Waals surface area (Å²) in [6, 6.07) is 16.4. The summed E-state index contributed by atoms with van der Waals surface area (Å²) in [6.45, 7) is 9.98. The van der Waals surface area contributed by atoms with Crippen molar-refractivity contribution >= 4 is 5.69 Å². The van der Waals surface area contributed by atoms with Crippen LogP contribution < -0.4 is 14.8 Å². The van der Waals surface area contributed by atoms with Crippen LogP contribution in [0, 0.1) is 0 Å². The molecule has 2 rings (SSSR count). The van der Waals surface area contributed by atoms with Crippen LogP contribution in [0.2, 0.25) is 0 Å². The van der Waals surface area contributed by atoms with E-state index in [1.807, 2.05) is 36.4 Å². The van der Waals surface area contributed by atoms with Gasteiger partial charge >= 0.3 is 0 Å². The fourth-order valence-corrected chi connectivity index (χ4v) is 2.28. The van der Waals surface area contributed by atoms with Gasteiger partial charge in [0.2, 0.25) is 0 Å². The molecule has 0 aliphatic rings. The SMILES string of the molecule is CCC(C)Oc1ccc(NCCOc2ccc(C(C)C)cc2)cc1. The van der Waals surface area contributed by atoms with Crippen molar-refractivity contribution in [2.24, 2.45) is 0 Å². The summed E-state index contributed by atoms with van der Waals surface area (Å²) in [6.07, 6.45) is 1.26. The summed E-state index contributed by atoms with van der Waals surface area (Å²) in [5.41, 5.74) is 2.41. The van der Waals surface area contributed by atoms with Gasteiger partial charge < -0.3 is 14.8 Å². The first kappa shape index (κ1) is 18.2. The molecule has 0 amide bonds. The van der Waals surface area contributed by atoms with Gasteiger partial charge in [0, 0.05) is 12.2 Å². The molecule has 0 fully saturated rings. The zero-order valence-corrected chi connectivity index (χ0v) is 15.2. The number of nitrogens with one attached hydrogen (secondary N) is 1. The molecular formula is C21H29NO2. The topological polar surface area (TPSA) is 30.5 Å². The van der Waals surface area contributed by atoms with E-state index >= 15 is 0 Å². The van der Waals surface area contributed by atoms with E-state index in [2.05, 4.69) is 45.1 Å². The van der Waals surface area contributed by atoms with Gasteiger partial charge in [0.25, 0.3) is 0 Å². The molecule has 0 aliphatic carbocycles. The number of ether oxygens (including phenoxy) is 2. The van der Waals surface area contributed by atoms with Gasteiger partial charge in [-0.3, -0.25) is 0 Å². The van der Waals surface area contributed by atoms with E-state index in [9.17, 15) is 0 Å². The van der Waals surface area contributed by atoms with Crippen LogP contribution in [0.4, 0.5) is 5.69 Å². The average molecular weight is 327 g/mol. The van der Waals surface area contributed by atoms with Crippen molar-refractivity contribution in [3.05, 3.63) is 54.1 Å². The molecule has 3 heteroatoms. The van der Waals surface area contributed by atoms with E-state index in [4.69, 9.17) is 9.47 Å². The molecule has 130 valence electrons. The van der Waals surface area contributed by atoms with E-state index in [0.717, 1.165) is 30.2 Å². The maximum absolute atomic E-state index is 5.78. The van der Waals surface area contributed by atoms with Gasteiger partial charge in [-0.05, 0) is 61.2 Å². The third kappa shape index (κ3) is 5.80. The molecule has 0 spiro atoms. The van der Waals surface area contributed by atoms with Crippen molar-refractivity contribution in [1.29, 1.82) is 0 Å². The van der Waals surface area contributed by atoms with Crippen LogP contribution in [-0.4, -0.2) is 19.3 Å². The summed E-state index contributed by atoms with van der Waals surface area (Å²) in [5.74, 6) is 2.38. The van der Waals surface area contributed by atoms with Crippen LogP contribution in [-0.2, 0) is 0 Å². The highest BCUT2D eigenvalue weighted by atomic mass is 16.5. The fraction of sp³-hybridized carbons (Fsp3) is 0.429. The summed E-state index contributed by atoms with van der Waals surface area (Å²) in [7, 11) is 0. The smallest absolute Gasteiger partial charge is 0.119 e. The van der Waals surface area contributed by atoms with Gasteiger partial charge in [-0.25, -0.2) is 0 Å². The van der Waals surface area contributed by atoms with Crippen molar-refractivity contribution in [2.45, 2.75) is 46.1 Å². The van der Waals surface area contributed by atoms with Crippen LogP contribution in [0.1, 0.15) is 45.6 Å². The van der Waals surface area contributed by atoms with Crippen molar-refractivity contribution in [2.75, 3.05) is 18.5 Å². The fourth-order valence-electron chi connectivity index (χ4n) is 2.28. The molecular weight excluding hydrogens is 298 g/mol. The number of rotatable bonds is 9. The minimum Gasteiger partial charge on any atom is -0.492 e. The molecule has 0 saturated heterocycles. The lowest BCUT2D eigenvalue weighted by Gasteiger charge is -2.13. The van der Waals surface area contributed by atoms with Gasteiger partial charge in [0.05, 0.1) is 6.10 Å². The molecule has 24 heavy (non-hydrogen) atoms. The van der Waals surface area contributed by atoms with E-state index in [-0.39, 0.29) is 6.10 Å². The van der Waals surface area contributed by atoms with E-state index in [1.165, 1.54) is 5.56 Å². The highest BCUT2D eigenvalue weighted by Gasteiger charge is 2.01. The van der Waals surface area contributed by atoms with Crippen molar-refractivity contribution in [1.82, 2.24) is 0 Å². The van der Waals surface area contributed by atoms with Gasteiger partial charge in [0.1, 0.15) is 18.1 Å². The molecule has 1 unspecified atom stereocenters. The summed E-state index contributed by atoms with van der Waals surface area (Å²) in [4.78, 5) is 0. The monoisotopic (exact) mass is 327 g/mol. The third-order valence-corrected chi connectivity index (χ3v) is 4.01. The average Bonchev–Trinajstić information content (AvgIpc) is 2.60. The first-order valence-corrected chi connectivity index (χ1v) is 8.81. The molecule has 1 atom stereocenters. The largest absolute Gasteiger partial charge is 0.492 e. The van der Waals surface area contributed by atoms with Crippen LogP contribution in [0.5, 0.6) is 11.5 Å². The lowest BCUT2D eigenvalue weighted by Crippen LogP contribution is -2.12. The summed E-state index contributed by atoms with van der Waals surface area (Å²) in [5, 5.41) is 3.36. The van der Waals surface area contributed by atoms with Crippen molar-refractivity contribution < 1.29 is 9.47 Å². The minimum atomic E-state index is 0.249. The third-order valence-electron chi connectivity index (χ3n) is 4.01. The number of benzene rings is 2. The van der Waals surface area contributed by atoms with Crippen molar-refractivity contribution in [3.8, 4) is 11.5 Å². The second kappa shape index (κ2) is 9.21. The normalized spacial score (nSPS) is 12.0. The van der Waals surface area contributed by atoms with Gasteiger partial charge in [-0.1, -0.05) is 32.9 Å². The van der Waals surface area contributed by atoms with E-state index in [0.29, 0.717) is 12.5 Å². The van der Waals surface area contributed by atoms with Crippen LogP contribution >= 0.6 is 0 Å². The molecule has 0 radical (unpaired) electrons. The van der Waals surface area contributed by atoms with E-state index in [1.54, 1.807) is 0 Å². The minimum absolute atomic E-state index is 0.249. The molecule has 0 aromatic heterocycles. The Morgan fingerprint density at radius 1 is 0.875 bits per heavy atom. The van der Waals surface area contributed by atoms with Crippen LogP contribution in [0.15, 0.2) is 48.5 Å². The Morgan fingerprint density at radius 3 is 2.08 bits per heavy atom. The van der Waals surface area contributed by atoms with Crippen LogP contribution in [0.3, 0.4) is 0 Å². The Balaban J connectivity index is 1.72. The lowest BCUT2D eigenvalue weighted by molar-refractivity contribution is 0.217. The molecule has 0 aliphatic heterocycles. The highest BCUT2D eigenvalue weighted by Crippen LogP contribution is 2.19. The molecule has 1 N–H and O–H groups in total. The van der Waals surface area contributed by atoms with Gasteiger partial charge in [0.15, 0.2) is 0 Å². The first-order valence-electron chi connectivity index (χ1n) is 8.81. The predicted octanol–water partition coefficient (Wildman–Crippen LogP) is 5.48. The second-order valence-electron chi connectivity index (χ2n) is 6.36. The molecule has 0 saturated carbocycles. The highest BCUT2D eigenvalue weighted by molar-refractivity contribution is 5.46. The Hall–Kier alpha value is -2.16.